The standard InChI is InChI=1S/C15H20ClNO2/c1-2-10-19-14-4-3-9-17(11-14)15(18)12-5-7-13(16)8-6-12/h5-8,14H,2-4,9-11H2,1H3. The molecule has 1 aromatic carbocycles. The summed E-state index contributed by atoms with van der Waals surface area (Å²) in [7, 11) is 0. The summed E-state index contributed by atoms with van der Waals surface area (Å²) in [5.74, 6) is 0.0708. The molecule has 1 saturated heterocycles. The number of amides is 1. The summed E-state index contributed by atoms with van der Waals surface area (Å²) < 4.78 is 5.75. The van der Waals surface area contributed by atoms with E-state index in [1.54, 1.807) is 24.3 Å². The maximum atomic E-state index is 12.4. The van der Waals surface area contributed by atoms with Gasteiger partial charge in [-0.25, -0.2) is 0 Å². The molecule has 104 valence electrons. The van der Waals surface area contributed by atoms with Gasteiger partial charge in [-0.05, 0) is 43.5 Å². The highest BCUT2D eigenvalue weighted by Crippen LogP contribution is 2.17. The first kappa shape index (κ1) is 14.4. The fraction of sp³-hybridized carbons (Fsp3) is 0.533. The van der Waals surface area contributed by atoms with Crippen LogP contribution in [-0.4, -0.2) is 36.6 Å². The van der Waals surface area contributed by atoms with Crippen LogP contribution in [0.15, 0.2) is 24.3 Å². The Morgan fingerprint density at radius 1 is 1.42 bits per heavy atom. The van der Waals surface area contributed by atoms with E-state index in [0.29, 0.717) is 17.1 Å². The summed E-state index contributed by atoms with van der Waals surface area (Å²) in [4.78, 5) is 14.2. The van der Waals surface area contributed by atoms with Gasteiger partial charge in [0.1, 0.15) is 0 Å². The van der Waals surface area contributed by atoms with Crippen LogP contribution in [0.25, 0.3) is 0 Å². The minimum absolute atomic E-state index is 0.0708. The van der Waals surface area contributed by atoms with Crippen LogP contribution in [0.5, 0.6) is 0 Å². The molecule has 0 saturated carbocycles. The molecular weight excluding hydrogens is 262 g/mol. The molecule has 0 radical (unpaired) electrons. The molecule has 1 amide bonds. The van der Waals surface area contributed by atoms with Crippen molar-refractivity contribution in [2.75, 3.05) is 19.7 Å². The Bertz CT molecular complexity index is 419. The highest BCUT2D eigenvalue weighted by atomic mass is 35.5. The van der Waals surface area contributed by atoms with Crippen molar-refractivity contribution in [3.05, 3.63) is 34.9 Å². The predicted octanol–water partition coefficient (Wildman–Crippen LogP) is 3.37. The number of hydrogen-bond acceptors (Lipinski definition) is 2. The Labute approximate surface area is 119 Å². The van der Waals surface area contributed by atoms with E-state index in [4.69, 9.17) is 16.3 Å². The van der Waals surface area contributed by atoms with Crippen LogP contribution >= 0.6 is 11.6 Å². The molecule has 1 fully saturated rings. The molecule has 0 spiro atoms. The molecule has 0 aromatic heterocycles. The van der Waals surface area contributed by atoms with Gasteiger partial charge in [-0.2, -0.15) is 0 Å². The molecular formula is C15H20ClNO2. The number of ether oxygens (including phenoxy) is 1. The molecule has 1 atom stereocenters. The molecule has 1 aliphatic rings. The zero-order valence-corrected chi connectivity index (χ0v) is 12.0. The first-order valence-electron chi connectivity index (χ1n) is 6.87. The van der Waals surface area contributed by atoms with Crippen molar-refractivity contribution in [1.82, 2.24) is 4.90 Å². The molecule has 1 unspecified atom stereocenters. The van der Waals surface area contributed by atoms with E-state index >= 15 is 0 Å². The number of halogens is 1. The Morgan fingerprint density at radius 3 is 2.84 bits per heavy atom. The molecule has 0 bridgehead atoms. The van der Waals surface area contributed by atoms with E-state index in [1.165, 1.54) is 0 Å². The lowest BCUT2D eigenvalue weighted by atomic mass is 10.1. The normalized spacial score (nSPS) is 19.5. The smallest absolute Gasteiger partial charge is 0.253 e. The number of piperidine rings is 1. The van der Waals surface area contributed by atoms with Gasteiger partial charge in [0.05, 0.1) is 6.10 Å². The SMILES string of the molecule is CCCOC1CCCN(C(=O)c2ccc(Cl)cc2)C1. The van der Waals surface area contributed by atoms with Crippen LogP contribution in [0.3, 0.4) is 0 Å². The highest BCUT2D eigenvalue weighted by Gasteiger charge is 2.24. The number of carbonyl (C=O) groups is 1. The van der Waals surface area contributed by atoms with E-state index in [2.05, 4.69) is 6.92 Å². The van der Waals surface area contributed by atoms with Gasteiger partial charge in [-0.15, -0.1) is 0 Å². The van der Waals surface area contributed by atoms with E-state index in [1.807, 2.05) is 4.90 Å². The third kappa shape index (κ3) is 3.95. The minimum Gasteiger partial charge on any atom is -0.376 e. The average molecular weight is 282 g/mol. The Hall–Kier alpha value is -1.06. The van der Waals surface area contributed by atoms with Crippen LogP contribution in [0.2, 0.25) is 5.02 Å². The Morgan fingerprint density at radius 2 is 2.16 bits per heavy atom. The second-order valence-electron chi connectivity index (χ2n) is 4.89. The summed E-state index contributed by atoms with van der Waals surface area (Å²) in [5.41, 5.74) is 0.695. The molecule has 0 aliphatic carbocycles. The molecule has 2 rings (SSSR count). The van der Waals surface area contributed by atoms with Crippen molar-refractivity contribution >= 4 is 17.5 Å². The zero-order valence-electron chi connectivity index (χ0n) is 11.3. The third-order valence-corrected chi connectivity index (χ3v) is 3.57. The molecule has 1 aliphatic heterocycles. The van der Waals surface area contributed by atoms with Crippen LogP contribution in [0.4, 0.5) is 0 Å². The first-order chi connectivity index (χ1) is 9.20. The Kier molecular flexibility index (Phi) is 5.23. The van der Waals surface area contributed by atoms with Gasteiger partial charge in [0.2, 0.25) is 0 Å². The van der Waals surface area contributed by atoms with Crippen molar-refractivity contribution in [2.45, 2.75) is 32.3 Å². The van der Waals surface area contributed by atoms with Crippen LogP contribution in [0.1, 0.15) is 36.5 Å². The maximum absolute atomic E-state index is 12.4. The third-order valence-electron chi connectivity index (χ3n) is 3.31. The van der Waals surface area contributed by atoms with Gasteiger partial charge in [0.25, 0.3) is 5.91 Å². The zero-order chi connectivity index (χ0) is 13.7. The van der Waals surface area contributed by atoms with E-state index in [-0.39, 0.29) is 12.0 Å². The number of carbonyl (C=O) groups excluding carboxylic acids is 1. The number of benzene rings is 1. The average Bonchev–Trinajstić information content (AvgIpc) is 2.45. The van der Waals surface area contributed by atoms with Crippen molar-refractivity contribution in [3.63, 3.8) is 0 Å². The molecule has 1 heterocycles. The molecule has 0 N–H and O–H groups in total. The van der Waals surface area contributed by atoms with E-state index in [9.17, 15) is 4.79 Å². The van der Waals surface area contributed by atoms with Crippen LogP contribution < -0.4 is 0 Å². The minimum atomic E-state index is 0.0708. The van der Waals surface area contributed by atoms with E-state index < -0.39 is 0 Å². The summed E-state index contributed by atoms with van der Waals surface area (Å²) in [6.45, 7) is 4.38. The summed E-state index contributed by atoms with van der Waals surface area (Å²) in [6.07, 6.45) is 3.25. The van der Waals surface area contributed by atoms with Crippen molar-refractivity contribution in [2.24, 2.45) is 0 Å². The van der Waals surface area contributed by atoms with Crippen LogP contribution in [-0.2, 0) is 4.74 Å². The van der Waals surface area contributed by atoms with Crippen molar-refractivity contribution < 1.29 is 9.53 Å². The van der Waals surface area contributed by atoms with Crippen LogP contribution in [0, 0.1) is 0 Å². The first-order valence-corrected chi connectivity index (χ1v) is 7.25. The van der Waals surface area contributed by atoms with Crippen molar-refractivity contribution in [1.29, 1.82) is 0 Å². The van der Waals surface area contributed by atoms with Gasteiger partial charge in [0, 0.05) is 30.3 Å². The second kappa shape index (κ2) is 6.92. The summed E-state index contributed by atoms with van der Waals surface area (Å²) in [5, 5.41) is 0.652. The monoisotopic (exact) mass is 281 g/mol. The molecule has 19 heavy (non-hydrogen) atoms. The molecule has 1 aromatic rings. The van der Waals surface area contributed by atoms with Gasteiger partial charge >= 0.3 is 0 Å². The fourth-order valence-corrected chi connectivity index (χ4v) is 2.44. The quantitative estimate of drug-likeness (QED) is 0.847. The van der Waals surface area contributed by atoms with E-state index in [0.717, 1.165) is 32.4 Å². The summed E-state index contributed by atoms with van der Waals surface area (Å²) >= 11 is 5.84. The lowest BCUT2D eigenvalue weighted by Crippen LogP contribution is -2.43. The lowest BCUT2D eigenvalue weighted by Gasteiger charge is -2.32. The summed E-state index contributed by atoms with van der Waals surface area (Å²) in [6, 6.07) is 7.07. The Balaban J connectivity index is 1.96. The van der Waals surface area contributed by atoms with Gasteiger partial charge < -0.3 is 9.64 Å². The maximum Gasteiger partial charge on any atom is 0.253 e. The van der Waals surface area contributed by atoms with Gasteiger partial charge in [-0.3, -0.25) is 4.79 Å². The largest absolute Gasteiger partial charge is 0.376 e. The molecule has 4 heteroatoms. The lowest BCUT2D eigenvalue weighted by molar-refractivity contribution is 0.00211. The second-order valence-corrected chi connectivity index (χ2v) is 5.33. The predicted molar refractivity (Wildman–Crippen MR) is 76.6 cm³/mol. The van der Waals surface area contributed by atoms with Gasteiger partial charge in [-0.1, -0.05) is 18.5 Å². The number of rotatable bonds is 4. The fourth-order valence-electron chi connectivity index (χ4n) is 2.32. The number of likely N-dealkylation sites (tertiary alicyclic amines) is 1. The topological polar surface area (TPSA) is 29.5 Å². The van der Waals surface area contributed by atoms with Crippen molar-refractivity contribution in [3.8, 4) is 0 Å². The molecule has 3 nitrogen and oxygen atoms in total. The number of nitrogens with zero attached hydrogens (tertiary/aromatic N) is 1. The van der Waals surface area contributed by atoms with Gasteiger partial charge in [0.15, 0.2) is 0 Å². The highest BCUT2D eigenvalue weighted by molar-refractivity contribution is 6.30. The number of hydrogen-bond donors (Lipinski definition) is 0.